The van der Waals surface area contributed by atoms with Crippen LogP contribution >= 0.6 is 0 Å². The van der Waals surface area contributed by atoms with Gasteiger partial charge in [0, 0.05) is 18.7 Å². The summed E-state index contributed by atoms with van der Waals surface area (Å²) in [5.74, 6) is 2.45. The van der Waals surface area contributed by atoms with Crippen LogP contribution in [0.15, 0.2) is 71.1 Å². The van der Waals surface area contributed by atoms with Crippen molar-refractivity contribution < 1.29 is 13.9 Å². The molecule has 1 aromatic heterocycles. The third kappa shape index (κ3) is 6.77. The van der Waals surface area contributed by atoms with E-state index in [0.717, 1.165) is 63.3 Å². The molecule has 2 aromatic carbocycles. The van der Waals surface area contributed by atoms with Crippen molar-refractivity contribution in [3.63, 3.8) is 0 Å². The van der Waals surface area contributed by atoms with Gasteiger partial charge in [-0.3, -0.25) is 9.69 Å². The minimum absolute atomic E-state index is 0.145. The molecule has 0 saturated carbocycles. The number of carbonyl (C=O) groups excluding carboxylic acids is 1. The van der Waals surface area contributed by atoms with Crippen LogP contribution in [0.25, 0.3) is 11.3 Å². The third-order valence-corrected chi connectivity index (χ3v) is 7.35. The summed E-state index contributed by atoms with van der Waals surface area (Å²) >= 11 is 0. The molecule has 190 valence electrons. The van der Waals surface area contributed by atoms with Crippen LogP contribution in [-0.4, -0.2) is 49.6 Å². The van der Waals surface area contributed by atoms with Crippen molar-refractivity contribution in [3.8, 4) is 17.1 Å². The van der Waals surface area contributed by atoms with E-state index in [1.165, 1.54) is 18.4 Å². The molecule has 0 spiro atoms. The van der Waals surface area contributed by atoms with Crippen LogP contribution in [0.1, 0.15) is 48.2 Å². The van der Waals surface area contributed by atoms with E-state index in [2.05, 4.69) is 45.9 Å². The lowest BCUT2D eigenvalue weighted by atomic mass is 9.93. The summed E-state index contributed by atoms with van der Waals surface area (Å²) in [4.78, 5) is 15.2. The number of hydrogen-bond acceptors (Lipinski definition) is 5. The maximum Gasteiger partial charge on any atom is 0.287 e. The smallest absolute Gasteiger partial charge is 0.287 e. The normalized spacial score (nSPS) is 17.7. The van der Waals surface area contributed by atoms with Gasteiger partial charge in [0.25, 0.3) is 5.91 Å². The molecule has 2 N–H and O–H groups in total. The molecule has 1 amide bonds. The fraction of sp³-hybridized carbons (Fsp3) is 0.433. The number of piperidine rings is 2. The van der Waals surface area contributed by atoms with Gasteiger partial charge in [0.05, 0.1) is 0 Å². The molecule has 2 aliphatic heterocycles. The summed E-state index contributed by atoms with van der Waals surface area (Å²) in [7, 11) is 0. The number of carbonyl (C=O) groups is 1. The van der Waals surface area contributed by atoms with Gasteiger partial charge in [-0.2, -0.15) is 0 Å². The Labute approximate surface area is 214 Å². The lowest BCUT2D eigenvalue weighted by Crippen LogP contribution is -2.34. The van der Waals surface area contributed by atoms with Gasteiger partial charge in [0.1, 0.15) is 17.6 Å². The first-order valence-electron chi connectivity index (χ1n) is 13.3. The second-order valence-corrected chi connectivity index (χ2v) is 10.0. The highest BCUT2D eigenvalue weighted by molar-refractivity contribution is 5.92. The van der Waals surface area contributed by atoms with E-state index in [1.54, 1.807) is 6.07 Å². The van der Waals surface area contributed by atoms with Gasteiger partial charge in [-0.1, -0.05) is 30.3 Å². The van der Waals surface area contributed by atoms with E-state index < -0.39 is 0 Å². The average molecular weight is 488 g/mol. The number of likely N-dealkylation sites (tertiary alicyclic amines) is 1. The largest absolute Gasteiger partial charge is 0.490 e. The third-order valence-electron chi connectivity index (χ3n) is 7.35. The number of nitrogens with one attached hydrogen (secondary N) is 2. The van der Waals surface area contributed by atoms with E-state index in [-0.39, 0.29) is 12.0 Å². The lowest BCUT2D eigenvalue weighted by Gasteiger charge is -2.32. The van der Waals surface area contributed by atoms with Gasteiger partial charge in [0.2, 0.25) is 0 Å². The summed E-state index contributed by atoms with van der Waals surface area (Å²) in [6.07, 6.45) is 5.72. The van der Waals surface area contributed by atoms with E-state index >= 15 is 0 Å². The molecular formula is C30H37N3O3. The van der Waals surface area contributed by atoms with Crippen molar-refractivity contribution in [2.24, 2.45) is 5.92 Å². The Balaban J connectivity index is 1.03. The molecule has 0 atom stereocenters. The molecule has 2 fully saturated rings. The van der Waals surface area contributed by atoms with Crippen molar-refractivity contribution in [2.45, 2.75) is 44.8 Å². The fourth-order valence-electron chi connectivity index (χ4n) is 5.17. The number of furan rings is 1. The maximum atomic E-state index is 12.6. The van der Waals surface area contributed by atoms with Crippen molar-refractivity contribution in [2.75, 3.05) is 32.7 Å². The Kier molecular flexibility index (Phi) is 8.36. The van der Waals surface area contributed by atoms with E-state index in [0.29, 0.717) is 24.0 Å². The zero-order valence-corrected chi connectivity index (χ0v) is 21.0. The number of benzene rings is 2. The van der Waals surface area contributed by atoms with Crippen LogP contribution in [0.5, 0.6) is 5.75 Å². The Bertz CT molecular complexity index is 1080. The van der Waals surface area contributed by atoms with Crippen molar-refractivity contribution >= 4 is 5.91 Å². The topological polar surface area (TPSA) is 66.7 Å². The van der Waals surface area contributed by atoms with Crippen molar-refractivity contribution in [1.82, 2.24) is 15.5 Å². The maximum absolute atomic E-state index is 12.6. The standard InChI is InChI=1S/C30H37N3O3/c34-30(32-19-12-23-15-20-33(21-16-23)22-24-4-2-1-3-5-24)29-11-10-28(36-29)25-6-8-26(9-7-25)35-27-13-17-31-18-14-27/h1-11,23,27,31H,12-22H2,(H,32,34). The zero-order chi connectivity index (χ0) is 24.6. The van der Waals surface area contributed by atoms with E-state index in [1.807, 2.05) is 30.3 Å². The first-order valence-corrected chi connectivity index (χ1v) is 13.3. The van der Waals surface area contributed by atoms with Crippen LogP contribution < -0.4 is 15.4 Å². The fourth-order valence-corrected chi connectivity index (χ4v) is 5.17. The Morgan fingerprint density at radius 3 is 2.44 bits per heavy atom. The predicted molar refractivity (Wildman–Crippen MR) is 142 cm³/mol. The highest BCUT2D eigenvalue weighted by Gasteiger charge is 2.20. The van der Waals surface area contributed by atoms with Gasteiger partial charge < -0.3 is 19.8 Å². The Morgan fingerprint density at radius 2 is 1.69 bits per heavy atom. The molecule has 2 saturated heterocycles. The molecule has 3 heterocycles. The highest BCUT2D eigenvalue weighted by Crippen LogP contribution is 2.26. The second-order valence-electron chi connectivity index (χ2n) is 10.0. The zero-order valence-electron chi connectivity index (χ0n) is 21.0. The number of nitrogens with zero attached hydrogens (tertiary/aromatic N) is 1. The average Bonchev–Trinajstić information content (AvgIpc) is 3.42. The minimum atomic E-state index is -0.145. The molecule has 0 radical (unpaired) electrons. The molecule has 6 nitrogen and oxygen atoms in total. The molecule has 0 bridgehead atoms. The molecule has 5 rings (SSSR count). The van der Waals surface area contributed by atoms with Gasteiger partial charge in [-0.25, -0.2) is 0 Å². The Morgan fingerprint density at radius 1 is 0.944 bits per heavy atom. The number of amides is 1. The summed E-state index contributed by atoms with van der Waals surface area (Å²) < 4.78 is 11.9. The minimum Gasteiger partial charge on any atom is -0.490 e. The van der Waals surface area contributed by atoms with Crippen molar-refractivity contribution in [1.29, 1.82) is 0 Å². The first-order chi connectivity index (χ1) is 17.7. The van der Waals surface area contributed by atoms with Gasteiger partial charge in [0.15, 0.2) is 5.76 Å². The Hall–Kier alpha value is -3.09. The van der Waals surface area contributed by atoms with Crippen molar-refractivity contribution in [3.05, 3.63) is 78.1 Å². The van der Waals surface area contributed by atoms with Crippen LogP contribution in [-0.2, 0) is 6.54 Å². The molecule has 0 unspecified atom stereocenters. The van der Waals surface area contributed by atoms with Crippen LogP contribution in [0, 0.1) is 5.92 Å². The second kappa shape index (κ2) is 12.2. The monoisotopic (exact) mass is 487 g/mol. The molecule has 2 aliphatic rings. The number of ether oxygens (including phenoxy) is 1. The SMILES string of the molecule is O=C(NCCC1CCN(Cc2ccccc2)CC1)c1ccc(-c2ccc(OC3CCNCC3)cc2)o1. The number of rotatable bonds is 9. The van der Waals surface area contributed by atoms with Gasteiger partial charge >= 0.3 is 0 Å². The summed E-state index contributed by atoms with van der Waals surface area (Å²) in [6.45, 7) is 5.97. The molecular weight excluding hydrogens is 450 g/mol. The van der Waals surface area contributed by atoms with Crippen LogP contribution in [0.2, 0.25) is 0 Å². The molecule has 3 aromatic rings. The van der Waals surface area contributed by atoms with E-state index in [4.69, 9.17) is 9.15 Å². The van der Waals surface area contributed by atoms with Crippen LogP contribution in [0.3, 0.4) is 0 Å². The summed E-state index contributed by atoms with van der Waals surface area (Å²) in [5, 5.41) is 6.40. The lowest BCUT2D eigenvalue weighted by molar-refractivity contribution is 0.0921. The summed E-state index contributed by atoms with van der Waals surface area (Å²) in [5.41, 5.74) is 2.32. The quantitative estimate of drug-likeness (QED) is 0.439. The molecule has 0 aliphatic carbocycles. The number of hydrogen-bond donors (Lipinski definition) is 2. The molecule has 6 heteroatoms. The van der Waals surface area contributed by atoms with Gasteiger partial charge in [-0.05, 0) is 106 Å². The van der Waals surface area contributed by atoms with Crippen LogP contribution in [0.4, 0.5) is 0 Å². The predicted octanol–water partition coefficient (Wildman–Crippen LogP) is 5.11. The van der Waals surface area contributed by atoms with E-state index in [9.17, 15) is 4.79 Å². The molecule has 36 heavy (non-hydrogen) atoms. The van der Waals surface area contributed by atoms with Gasteiger partial charge in [-0.15, -0.1) is 0 Å². The highest BCUT2D eigenvalue weighted by atomic mass is 16.5. The first kappa shape index (κ1) is 24.6. The summed E-state index contributed by atoms with van der Waals surface area (Å²) in [6, 6.07) is 22.2.